The largest absolute Gasteiger partial charge is 0.335 e. The van der Waals surface area contributed by atoms with Gasteiger partial charge in [0.15, 0.2) is 0 Å². The first-order chi connectivity index (χ1) is 14.0. The summed E-state index contributed by atoms with van der Waals surface area (Å²) in [4.78, 5) is 35.0. The second-order valence-corrected chi connectivity index (χ2v) is 7.56. The Morgan fingerprint density at radius 2 is 1.76 bits per heavy atom. The fourth-order valence-electron chi connectivity index (χ4n) is 3.19. The number of nitrogens with zero attached hydrogens (tertiary/aromatic N) is 4. The van der Waals surface area contributed by atoms with Gasteiger partial charge in [-0.3, -0.25) is 24.4 Å². The molecule has 1 aromatic heterocycles. The highest BCUT2D eigenvalue weighted by atomic mass is 35.5. The van der Waals surface area contributed by atoms with Crippen LogP contribution < -0.4 is 5.32 Å². The average Bonchev–Trinajstić information content (AvgIpc) is 2.72. The van der Waals surface area contributed by atoms with Crippen molar-refractivity contribution < 1.29 is 9.59 Å². The third kappa shape index (κ3) is 6.52. The summed E-state index contributed by atoms with van der Waals surface area (Å²) in [7, 11) is 1.64. The number of nitrogens with one attached hydrogen (secondary N) is 1. The number of carbonyl (C=O) groups is 2. The number of rotatable bonds is 7. The Kier molecular flexibility index (Phi) is 7.57. The van der Waals surface area contributed by atoms with E-state index in [2.05, 4.69) is 20.1 Å². The van der Waals surface area contributed by atoms with Gasteiger partial charge in [0.25, 0.3) is 0 Å². The number of pyridine rings is 1. The minimum Gasteiger partial charge on any atom is -0.335 e. The fraction of sp³-hybridized carbons (Fsp3) is 0.381. The van der Waals surface area contributed by atoms with Crippen LogP contribution >= 0.6 is 11.6 Å². The molecule has 8 heteroatoms. The third-order valence-electron chi connectivity index (χ3n) is 4.89. The molecule has 3 rings (SSSR count). The van der Waals surface area contributed by atoms with Crippen molar-refractivity contribution in [3.05, 3.63) is 59.4 Å². The molecule has 0 saturated carbocycles. The monoisotopic (exact) mass is 415 g/mol. The van der Waals surface area contributed by atoms with Gasteiger partial charge in [-0.25, -0.2) is 0 Å². The molecule has 0 spiro atoms. The van der Waals surface area contributed by atoms with Crippen molar-refractivity contribution in [1.29, 1.82) is 0 Å². The van der Waals surface area contributed by atoms with Gasteiger partial charge in [-0.1, -0.05) is 29.8 Å². The minimum absolute atomic E-state index is 0.0102. The number of para-hydroxylation sites is 1. The number of hydrogen-bond donors (Lipinski definition) is 1. The number of hydrogen-bond acceptors (Lipinski definition) is 5. The zero-order valence-electron chi connectivity index (χ0n) is 16.6. The van der Waals surface area contributed by atoms with Gasteiger partial charge in [0.2, 0.25) is 11.8 Å². The van der Waals surface area contributed by atoms with Crippen LogP contribution in [0.1, 0.15) is 5.69 Å². The van der Waals surface area contributed by atoms with E-state index in [1.165, 1.54) is 4.90 Å². The highest BCUT2D eigenvalue weighted by molar-refractivity contribution is 6.33. The number of amides is 2. The maximum absolute atomic E-state index is 12.5. The second kappa shape index (κ2) is 10.3. The Balaban J connectivity index is 1.40. The first-order valence-corrected chi connectivity index (χ1v) is 10.0. The summed E-state index contributed by atoms with van der Waals surface area (Å²) in [6.45, 7) is 4.54. The predicted molar refractivity (Wildman–Crippen MR) is 114 cm³/mol. The predicted octanol–water partition coefficient (Wildman–Crippen LogP) is 1.95. The fourth-order valence-corrected chi connectivity index (χ4v) is 3.38. The van der Waals surface area contributed by atoms with E-state index in [0.29, 0.717) is 17.3 Å². The summed E-state index contributed by atoms with van der Waals surface area (Å²) in [6.07, 6.45) is 1.81. The molecular weight excluding hydrogens is 390 g/mol. The van der Waals surface area contributed by atoms with Gasteiger partial charge in [0.05, 0.1) is 29.5 Å². The lowest BCUT2D eigenvalue weighted by Gasteiger charge is -2.34. The molecule has 1 aliphatic heterocycles. The van der Waals surface area contributed by atoms with Gasteiger partial charge in [-0.05, 0) is 24.3 Å². The molecule has 1 fully saturated rings. The molecule has 1 aliphatic rings. The van der Waals surface area contributed by atoms with Crippen molar-refractivity contribution in [3.8, 4) is 0 Å². The molecule has 0 unspecified atom stereocenters. The number of piperazine rings is 1. The summed E-state index contributed by atoms with van der Waals surface area (Å²) in [5.41, 5.74) is 1.60. The molecule has 1 N–H and O–H groups in total. The van der Waals surface area contributed by atoms with Crippen molar-refractivity contribution in [1.82, 2.24) is 19.7 Å². The number of aromatic nitrogens is 1. The minimum atomic E-state index is -0.269. The van der Waals surface area contributed by atoms with Crippen LogP contribution in [0.15, 0.2) is 48.7 Å². The molecule has 29 heavy (non-hydrogen) atoms. The van der Waals surface area contributed by atoms with E-state index in [1.54, 1.807) is 31.3 Å². The number of anilines is 1. The van der Waals surface area contributed by atoms with E-state index in [-0.39, 0.29) is 18.4 Å². The Morgan fingerprint density at radius 1 is 1.07 bits per heavy atom. The molecule has 0 aliphatic carbocycles. The normalized spacial score (nSPS) is 15.1. The van der Waals surface area contributed by atoms with Crippen LogP contribution in [-0.4, -0.2) is 77.8 Å². The first kappa shape index (κ1) is 21.2. The zero-order valence-corrected chi connectivity index (χ0v) is 17.3. The van der Waals surface area contributed by atoms with Crippen molar-refractivity contribution in [2.75, 3.05) is 51.6 Å². The highest BCUT2D eigenvalue weighted by Crippen LogP contribution is 2.20. The number of halogens is 1. The Hall–Kier alpha value is -2.48. The van der Waals surface area contributed by atoms with Gasteiger partial charge in [-0.15, -0.1) is 0 Å². The van der Waals surface area contributed by atoms with Crippen LogP contribution in [-0.2, 0) is 16.1 Å². The van der Waals surface area contributed by atoms with E-state index < -0.39 is 0 Å². The van der Waals surface area contributed by atoms with E-state index in [9.17, 15) is 9.59 Å². The van der Waals surface area contributed by atoms with Gasteiger partial charge in [0.1, 0.15) is 0 Å². The van der Waals surface area contributed by atoms with Crippen molar-refractivity contribution in [2.24, 2.45) is 0 Å². The molecule has 7 nitrogen and oxygen atoms in total. The molecule has 1 saturated heterocycles. The SMILES string of the molecule is CN(CC(=O)Nc1ccccc1Cl)C(=O)CN1CCN(Cc2ccccn2)CC1. The zero-order chi connectivity index (χ0) is 20.6. The number of benzene rings is 1. The maximum atomic E-state index is 12.5. The van der Waals surface area contributed by atoms with E-state index in [1.807, 2.05) is 24.4 Å². The van der Waals surface area contributed by atoms with Crippen LogP contribution in [0, 0.1) is 0 Å². The Bertz CT molecular complexity index is 825. The van der Waals surface area contributed by atoms with Crippen molar-refractivity contribution >= 4 is 29.1 Å². The smallest absolute Gasteiger partial charge is 0.244 e. The van der Waals surface area contributed by atoms with Crippen molar-refractivity contribution in [3.63, 3.8) is 0 Å². The lowest BCUT2D eigenvalue weighted by Crippen LogP contribution is -2.50. The van der Waals surface area contributed by atoms with Crippen LogP contribution in [0.25, 0.3) is 0 Å². The molecule has 2 aromatic rings. The maximum Gasteiger partial charge on any atom is 0.244 e. The van der Waals surface area contributed by atoms with Gasteiger partial charge in [0, 0.05) is 46.0 Å². The summed E-state index contributed by atoms with van der Waals surface area (Å²) in [5, 5.41) is 3.21. The molecule has 2 amide bonds. The molecule has 2 heterocycles. The quantitative estimate of drug-likeness (QED) is 0.748. The molecule has 1 aromatic carbocycles. The summed E-state index contributed by atoms with van der Waals surface area (Å²) < 4.78 is 0. The van der Waals surface area contributed by atoms with Crippen LogP contribution in [0.4, 0.5) is 5.69 Å². The summed E-state index contributed by atoms with van der Waals surface area (Å²) >= 11 is 6.05. The van der Waals surface area contributed by atoms with Gasteiger partial charge >= 0.3 is 0 Å². The Labute approximate surface area is 176 Å². The molecule has 154 valence electrons. The molecular formula is C21H26ClN5O2. The average molecular weight is 416 g/mol. The first-order valence-electron chi connectivity index (χ1n) is 9.64. The highest BCUT2D eigenvalue weighted by Gasteiger charge is 2.21. The van der Waals surface area contributed by atoms with Gasteiger partial charge < -0.3 is 10.2 Å². The Morgan fingerprint density at radius 3 is 2.45 bits per heavy atom. The molecule has 0 bridgehead atoms. The number of carbonyl (C=O) groups excluding carboxylic acids is 2. The topological polar surface area (TPSA) is 68.8 Å². The lowest BCUT2D eigenvalue weighted by molar-refractivity contribution is -0.134. The second-order valence-electron chi connectivity index (χ2n) is 7.15. The molecule has 0 atom stereocenters. The standard InChI is InChI=1S/C21H26ClN5O2/c1-25(15-20(28)24-19-8-3-2-7-18(19)22)21(29)16-27-12-10-26(11-13-27)14-17-6-4-5-9-23-17/h2-9H,10-16H2,1H3,(H,24,28). The van der Waals surface area contributed by atoms with Crippen molar-refractivity contribution in [2.45, 2.75) is 6.54 Å². The molecule has 0 radical (unpaired) electrons. The van der Waals surface area contributed by atoms with Crippen LogP contribution in [0.5, 0.6) is 0 Å². The van der Waals surface area contributed by atoms with Crippen LogP contribution in [0.3, 0.4) is 0 Å². The lowest BCUT2D eigenvalue weighted by atomic mass is 10.2. The van der Waals surface area contributed by atoms with E-state index in [0.717, 1.165) is 38.4 Å². The summed E-state index contributed by atoms with van der Waals surface area (Å²) in [6, 6.07) is 13.0. The third-order valence-corrected chi connectivity index (χ3v) is 5.22. The van der Waals surface area contributed by atoms with Gasteiger partial charge in [-0.2, -0.15) is 0 Å². The van der Waals surface area contributed by atoms with Crippen LogP contribution in [0.2, 0.25) is 5.02 Å². The summed E-state index contributed by atoms with van der Waals surface area (Å²) in [5.74, 6) is -0.341. The van der Waals surface area contributed by atoms with E-state index >= 15 is 0 Å². The van der Waals surface area contributed by atoms with E-state index in [4.69, 9.17) is 11.6 Å². The number of likely N-dealkylation sites (N-methyl/N-ethyl adjacent to an activating group) is 1.